The van der Waals surface area contributed by atoms with Crippen LogP contribution in [0.5, 0.6) is 0 Å². The van der Waals surface area contributed by atoms with Gasteiger partial charge >= 0.3 is 0 Å². The van der Waals surface area contributed by atoms with Gasteiger partial charge in [-0.05, 0) is 68.8 Å². The van der Waals surface area contributed by atoms with Crippen LogP contribution < -0.4 is 9.80 Å². The molecule has 2 heterocycles. The molecule has 6 aliphatic carbocycles. The van der Waals surface area contributed by atoms with Crippen molar-refractivity contribution in [2.24, 2.45) is 23.7 Å². The molecule has 0 aromatic heterocycles. The van der Waals surface area contributed by atoms with Gasteiger partial charge in [0.1, 0.15) is 0 Å². The Morgan fingerprint density at radius 2 is 0.479 bits per heavy atom. The van der Waals surface area contributed by atoms with Gasteiger partial charge in [0.2, 0.25) is 23.6 Å². The molecule has 0 spiro atoms. The van der Waals surface area contributed by atoms with Crippen LogP contribution in [0.25, 0.3) is 0 Å². The zero-order valence-electron chi connectivity index (χ0n) is 25.7. The van der Waals surface area contributed by atoms with Gasteiger partial charge in [-0.2, -0.15) is 0 Å². The molecular formula is C42H28N2O4. The minimum atomic E-state index is -0.476. The Labute approximate surface area is 276 Å². The van der Waals surface area contributed by atoms with Crippen molar-refractivity contribution in [3.8, 4) is 0 Å². The summed E-state index contributed by atoms with van der Waals surface area (Å²) in [4.78, 5) is 59.7. The molecule has 0 radical (unpaired) electrons. The molecule has 4 bridgehead atoms. The van der Waals surface area contributed by atoms with Crippen molar-refractivity contribution in [2.75, 3.05) is 9.80 Å². The largest absolute Gasteiger partial charge is 0.274 e. The lowest BCUT2D eigenvalue weighted by atomic mass is 9.55. The van der Waals surface area contributed by atoms with E-state index in [0.29, 0.717) is 11.4 Å². The van der Waals surface area contributed by atoms with E-state index in [-0.39, 0.29) is 47.3 Å². The Balaban J connectivity index is 0.951. The summed E-state index contributed by atoms with van der Waals surface area (Å²) in [5.41, 5.74) is 9.98. The number of amides is 4. The van der Waals surface area contributed by atoms with Crippen molar-refractivity contribution in [1.29, 1.82) is 0 Å². The number of imide groups is 2. The molecule has 4 atom stereocenters. The molecule has 0 unspecified atom stereocenters. The van der Waals surface area contributed by atoms with Crippen molar-refractivity contribution in [2.45, 2.75) is 23.7 Å². The number of carbonyl (C=O) groups is 4. The van der Waals surface area contributed by atoms with E-state index in [0.717, 1.165) is 44.5 Å². The second-order valence-corrected chi connectivity index (χ2v) is 14.1. The minimum absolute atomic E-state index is 0.181. The molecule has 48 heavy (non-hydrogen) atoms. The lowest BCUT2D eigenvalue weighted by Gasteiger charge is -2.45. The van der Waals surface area contributed by atoms with Gasteiger partial charge in [0, 0.05) is 23.7 Å². The molecule has 6 nitrogen and oxygen atoms in total. The summed E-state index contributed by atoms with van der Waals surface area (Å²) < 4.78 is 0. The normalized spacial score (nSPS) is 29.8. The smallest absolute Gasteiger partial charge is 0.238 e. The Kier molecular flexibility index (Phi) is 4.98. The third kappa shape index (κ3) is 3.00. The zero-order valence-corrected chi connectivity index (χ0v) is 25.7. The van der Waals surface area contributed by atoms with Crippen LogP contribution in [0.4, 0.5) is 11.4 Å². The van der Waals surface area contributed by atoms with Gasteiger partial charge in [-0.1, -0.05) is 97.1 Å². The summed E-state index contributed by atoms with van der Waals surface area (Å²) in [6, 6.07) is 39.7. The summed E-state index contributed by atoms with van der Waals surface area (Å²) in [5, 5.41) is 0. The lowest BCUT2D eigenvalue weighted by Crippen LogP contribution is -2.41. The summed E-state index contributed by atoms with van der Waals surface area (Å²) in [6.07, 6.45) is 0. The fourth-order valence-corrected chi connectivity index (χ4v) is 10.6. The van der Waals surface area contributed by atoms with E-state index in [9.17, 15) is 19.2 Å². The molecular weight excluding hydrogens is 596 g/mol. The number of hydrogen-bond acceptors (Lipinski definition) is 4. The molecule has 13 rings (SSSR count). The first-order chi connectivity index (χ1) is 23.5. The number of hydrogen-bond donors (Lipinski definition) is 0. The highest BCUT2D eigenvalue weighted by atomic mass is 16.2. The fourth-order valence-electron chi connectivity index (χ4n) is 10.6. The van der Waals surface area contributed by atoms with E-state index in [2.05, 4.69) is 48.5 Å². The summed E-state index contributed by atoms with van der Waals surface area (Å²) in [6.45, 7) is 0. The Hall–Kier alpha value is -5.62. The number of anilines is 2. The maximum atomic E-state index is 14.3. The third-order valence-corrected chi connectivity index (χ3v) is 12.3. The van der Waals surface area contributed by atoms with E-state index < -0.39 is 23.7 Å². The summed E-state index contributed by atoms with van der Waals surface area (Å²) >= 11 is 0. The summed E-state index contributed by atoms with van der Waals surface area (Å²) in [7, 11) is 0. The molecule has 5 aromatic carbocycles. The average molecular weight is 625 g/mol. The topological polar surface area (TPSA) is 74.8 Å². The first kappa shape index (κ1) is 26.4. The van der Waals surface area contributed by atoms with Gasteiger partial charge in [0.05, 0.1) is 35.0 Å². The maximum Gasteiger partial charge on any atom is 0.238 e. The Morgan fingerprint density at radius 1 is 0.292 bits per heavy atom. The van der Waals surface area contributed by atoms with Gasteiger partial charge in [-0.25, -0.2) is 9.80 Å². The third-order valence-electron chi connectivity index (χ3n) is 12.3. The zero-order chi connectivity index (χ0) is 32.0. The molecule has 2 aliphatic heterocycles. The quantitative estimate of drug-likeness (QED) is 0.211. The highest BCUT2D eigenvalue weighted by Crippen LogP contribution is 2.63. The van der Waals surface area contributed by atoms with E-state index in [4.69, 9.17) is 0 Å². The number of rotatable bonds is 2. The van der Waals surface area contributed by atoms with Gasteiger partial charge in [0.15, 0.2) is 0 Å². The van der Waals surface area contributed by atoms with Crippen molar-refractivity contribution in [3.05, 3.63) is 166 Å². The van der Waals surface area contributed by atoms with Crippen molar-refractivity contribution < 1.29 is 19.2 Å². The fraction of sp³-hybridized carbons (Fsp3) is 0.190. The second-order valence-electron chi connectivity index (χ2n) is 14.1. The molecule has 5 aromatic rings. The molecule has 0 saturated carbocycles. The minimum Gasteiger partial charge on any atom is -0.274 e. The van der Waals surface area contributed by atoms with Crippen LogP contribution in [-0.2, 0) is 19.2 Å². The van der Waals surface area contributed by atoms with Gasteiger partial charge < -0.3 is 0 Å². The molecule has 230 valence electrons. The van der Waals surface area contributed by atoms with Gasteiger partial charge in [0.25, 0.3) is 0 Å². The van der Waals surface area contributed by atoms with E-state index >= 15 is 0 Å². The monoisotopic (exact) mass is 624 g/mol. The highest BCUT2D eigenvalue weighted by Gasteiger charge is 2.63. The standard InChI is InChI=1S/C42H28N2O4/c45-39-35-31-23-9-1-2-10-24(23)32(26-12-4-3-11-25(26)31)36(35)40(46)43(39)21-17-19-22(20-18-21)44-41(47)37-33-27-13-5-6-14-28(27)34(38(37)42(44)48)30-16-8-7-15-29(30)33/h1-20,31-38H/t31?,32?,33?,34?,35-,36-,37-,38+/m0/s1. The average Bonchev–Trinajstić information content (AvgIpc) is 3.56. The van der Waals surface area contributed by atoms with E-state index in [1.54, 1.807) is 24.3 Å². The van der Waals surface area contributed by atoms with E-state index in [1.165, 1.54) is 9.80 Å². The van der Waals surface area contributed by atoms with Crippen molar-refractivity contribution in [1.82, 2.24) is 0 Å². The SMILES string of the molecule is O=C1[C@@H]2C3c4ccccc4C(c4ccccc43)[C@@H]2C(=O)N1c1ccc(N2C(=O)[C@H]3C4c5ccccc5C(c5ccccc54)[C@@H]3C2=O)cc1. The van der Waals surface area contributed by atoms with Crippen LogP contribution >= 0.6 is 0 Å². The van der Waals surface area contributed by atoms with Crippen LogP contribution in [0.15, 0.2) is 121 Å². The Bertz CT molecular complexity index is 1920. The first-order valence-corrected chi connectivity index (χ1v) is 16.8. The van der Waals surface area contributed by atoms with Gasteiger partial charge in [-0.15, -0.1) is 0 Å². The Morgan fingerprint density at radius 3 is 0.667 bits per heavy atom. The number of carbonyl (C=O) groups excluding carboxylic acids is 4. The molecule has 4 amide bonds. The van der Waals surface area contributed by atoms with Crippen molar-refractivity contribution in [3.63, 3.8) is 0 Å². The second kappa shape index (κ2) is 9.04. The molecule has 6 heteroatoms. The number of nitrogens with zero attached hydrogens (tertiary/aromatic N) is 2. The molecule has 2 fully saturated rings. The predicted molar refractivity (Wildman–Crippen MR) is 179 cm³/mol. The molecule has 2 saturated heterocycles. The molecule has 0 N–H and O–H groups in total. The molecule has 8 aliphatic rings. The van der Waals surface area contributed by atoms with Gasteiger partial charge in [-0.3, -0.25) is 19.2 Å². The first-order valence-electron chi connectivity index (χ1n) is 16.8. The highest BCUT2D eigenvalue weighted by molar-refractivity contribution is 6.25. The van der Waals surface area contributed by atoms with Crippen LogP contribution in [0, 0.1) is 23.7 Å². The number of benzene rings is 5. The van der Waals surface area contributed by atoms with E-state index in [1.807, 2.05) is 48.5 Å². The predicted octanol–water partition coefficient (Wildman–Crippen LogP) is 6.48. The van der Waals surface area contributed by atoms with Crippen LogP contribution in [0.3, 0.4) is 0 Å². The van der Waals surface area contributed by atoms with Crippen LogP contribution in [0.2, 0.25) is 0 Å². The van der Waals surface area contributed by atoms with Crippen molar-refractivity contribution >= 4 is 35.0 Å². The van der Waals surface area contributed by atoms with Crippen LogP contribution in [0.1, 0.15) is 68.2 Å². The van der Waals surface area contributed by atoms with Crippen LogP contribution in [-0.4, -0.2) is 23.6 Å². The lowest BCUT2D eigenvalue weighted by molar-refractivity contribution is -0.124. The maximum absolute atomic E-state index is 14.3. The summed E-state index contributed by atoms with van der Waals surface area (Å²) in [5.74, 6) is -3.39.